The predicted molar refractivity (Wildman–Crippen MR) is 49.7 cm³/mol. The molecule has 4 nitrogen and oxygen atoms in total. The Hall–Kier alpha value is -1.29. The van der Waals surface area contributed by atoms with Gasteiger partial charge in [0.05, 0.1) is 7.11 Å². The zero-order valence-electron chi connectivity index (χ0n) is 7.80. The van der Waals surface area contributed by atoms with Crippen molar-refractivity contribution in [2.75, 3.05) is 7.11 Å². The molecule has 0 radical (unpaired) electrons. The molecule has 0 N–H and O–H groups in total. The van der Waals surface area contributed by atoms with Crippen LogP contribution in [0.1, 0.15) is 34.3 Å². The molecule has 76 valence electrons. The van der Waals surface area contributed by atoms with E-state index in [0.29, 0.717) is 6.42 Å². The number of carbonyl (C=O) groups is 2. The third kappa shape index (κ3) is 1.96. The normalized spacial score (nSPS) is 9.93. The lowest BCUT2D eigenvalue weighted by Gasteiger charge is -1.92. The van der Waals surface area contributed by atoms with Crippen molar-refractivity contribution in [1.29, 1.82) is 0 Å². The van der Waals surface area contributed by atoms with Gasteiger partial charge in [-0.25, -0.2) is 4.79 Å². The van der Waals surface area contributed by atoms with Gasteiger partial charge in [0, 0.05) is 12.5 Å². The standard InChI is InChI=1S/C9H9ClO4/c1-3-6(11)7-4-5(8(10)14-7)9(12)13-2/h4H,3H2,1-2H3. The molecule has 0 aliphatic rings. The number of rotatable bonds is 3. The minimum atomic E-state index is -0.617. The van der Waals surface area contributed by atoms with E-state index >= 15 is 0 Å². The lowest BCUT2D eigenvalue weighted by atomic mass is 10.2. The van der Waals surface area contributed by atoms with Gasteiger partial charge in [0.15, 0.2) is 11.5 Å². The van der Waals surface area contributed by atoms with Gasteiger partial charge in [0.1, 0.15) is 5.56 Å². The first-order valence-corrected chi connectivity index (χ1v) is 4.38. The first-order valence-electron chi connectivity index (χ1n) is 4.01. The summed E-state index contributed by atoms with van der Waals surface area (Å²) in [7, 11) is 1.23. The van der Waals surface area contributed by atoms with Gasteiger partial charge in [-0.05, 0) is 11.6 Å². The van der Waals surface area contributed by atoms with Crippen molar-refractivity contribution >= 4 is 23.4 Å². The molecule has 0 amide bonds. The maximum atomic E-state index is 11.2. The number of ketones is 1. The molecule has 14 heavy (non-hydrogen) atoms. The van der Waals surface area contributed by atoms with Crippen molar-refractivity contribution < 1.29 is 18.7 Å². The summed E-state index contributed by atoms with van der Waals surface area (Å²) in [6.45, 7) is 1.69. The van der Waals surface area contributed by atoms with E-state index in [-0.39, 0.29) is 22.3 Å². The van der Waals surface area contributed by atoms with E-state index in [2.05, 4.69) is 4.74 Å². The molecule has 1 aromatic rings. The summed E-state index contributed by atoms with van der Waals surface area (Å²) >= 11 is 5.60. The number of hydrogen-bond acceptors (Lipinski definition) is 4. The Kier molecular flexibility index (Phi) is 3.30. The van der Waals surface area contributed by atoms with Crippen molar-refractivity contribution in [3.63, 3.8) is 0 Å². The van der Waals surface area contributed by atoms with E-state index in [9.17, 15) is 9.59 Å². The fourth-order valence-corrected chi connectivity index (χ4v) is 1.14. The summed E-state index contributed by atoms with van der Waals surface area (Å²) in [6, 6.07) is 1.29. The maximum Gasteiger partial charge on any atom is 0.342 e. The minimum absolute atomic E-state index is 0.0750. The van der Waals surface area contributed by atoms with Crippen LogP contribution in [0.3, 0.4) is 0 Å². The Morgan fingerprint density at radius 3 is 2.71 bits per heavy atom. The summed E-state index contributed by atoms with van der Waals surface area (Å²) in [4.78, 5) is 22.3. The van der Waals surface area contributed by atoms with E-state index < -0.39 is 5.97 Å². The van der Waals surface area contributed by atoms with Gasteiger partial charge in [-0.3, -0.25) is 4.79 Å². The Bertz CT molecular complexity index is 367. The van der Waals surface area contributed by atoms with Crippen LogP contribution >= 0.6 is 11.6 Å². The fourth-order valence-electron chi connectivity index (χ4n) is 0.930. The molecule has 1 heterocycles. The van der Waals surface area contributed by atoms with Gasteiger partial charge in [-0.1, -0.05) is 6.92 Å². The zero-order chi connectivity index (χ0) is 10.7. The molecular weight excluding hydrogens is 208 g/mol. The van der Waals surface area contributed by atoms with Crippen LogP contribution < -0.4 is 0 Å². The minimum Gasteiger partial charge on any atom is -0.465 e. The predicted octanol–water partition coefficient (Wildman–Crippen LogP) is 2.31. The lowest BCUT2D eigenvalue weighted by molar-refractivity contribution is 0.0600. The molecule has 0 spiro atoms. The number of Topliss-reactive ketones (excluding diaryl/α,β-unsaturated/α-hetero) is 1. The first-order chi connectivity index (χ1) is 6.60. The third-order valence-electron chi connectivity index (χ3n) is 1.69. The van der Waals surface area contributed by atoms with Crippen LogP contribution in [-0.2, 0) is 4.74 Å². The smallest absolute Gasteiger partial charge is 0.342 e. The van der Waals surface area contributed by atoms with Crippen LogP contribution in [0.15, 0.2) is 10.5 Å². The SMILES string of the molecule is CCC(=O)c1cc(C(=O)OC)c(Cl)o1. The molecule has 0 saturated heterocycles. The average Bonchev–Trinajstić information content (AvgIpc) is 2.58. The maximum absolute atomic E-state index is 11.2. The highest BCUT2D eigenvalue weighted by Gasteiger charge is 2.19. The zero-order valence-corrected chi connectivity index (χ0v) is 8.55. The van der Waals surface area contributed by atoms with Crippen LogP contribution in [-0.4, -0.2) is 18.9 Å². The molecular formula is C9H9ClO4. The molecule has 1 rings (SSSR count). The van der Waals surface area contributed by atoms with E-state index in [1.165, 1.54) is 13.2 Å². The highest BCUT2D eigenvalue weighted by atomic mass is 35.5. The highest BCUT2D eigenvalue weighted by molar-refractivity contribution is 6.32. The topological polar surface area (TPSA) is 56.5 Å². The number of ether oxygens (including phenoxy) is 1. The van der Waals surface area contributed by atoms with Crippen molar-refractivity contribution in [3.05, 3.63) is 22.6 Å². The van der Waals surface area contributed by atoms with E-state index in [1.54, 1.807) is 6.92 Å². The number of furan rings is 1. The number of esters is 1. The second-order valence-electron chi connectivity index (χ2n) is 2.57. The monoisotopic (exact) mass is 216 g/mol. The van der Waals surface area contributed by atoms with Gasteiger partial charge < -0.3 is 9.15 Å². The molecule has 0 unspecified atom stereocenters. The molecule has 1 aromatic heterocycles. The van der Waals surface area contributed by atoms with Crippen molar-refractivity contribution in [2.24, 2.45) is 0 Å². The Morgan fingerprint density at radius 1 is 1.57 bits per heavy atom. The summed E-state index contributed by atoms with van der Waals surface area (Å²) in [6.07, 6.45) is 0.296. The molecule has 0 aliphatic carbocycles. The van der Waals surface area contributed by atoms with Crippen LogP contribution in [0.5, 0.6) is 0 Å². The third-order valence-corrected chi connectivity index (χ3v) is 1.97. The second kappa shape index (κ2) is 4.28. The van der Waals surface area contributed by atoms with E-state index in [0.717, 1.165) is 0 Å². The van der Waals surface area contributed by atoms with Gasteiger partial charge in [0.25, 0.3) is 0 Å². The number of halogens is 1. The van der Waals surface area contributed by atoms with E-state index in [1.807, 2.05) is 0 Å². The quantitative estimate of drug-likeness (QED) is 0.575. The van der Waals surface area contributed by atoms with Gasteiger partial charge >= 0.3 is 5.97 Å². The molecule has 0 aromatic carbocycles. The number of carbonyl (C=O) groups excluding carboxylic acids is 2. The van der Waals surface area contributed by atoms with Gasteiger partial charge in [-0.2, -0.15) is 0 Å². The average molecular weight is 217 g/mol. The van der Waals surface area contributed by atoms with Crippen LogP contribution in [0.25, 0.3) is 0 Å². The lowest BCUT2D eigenvalue weighted by Crippen LogP contribution is -2.00. The van der Waals surface area contributed by atoms with Crippen molar-refractivity contribution in [1.82, 2.24) is 0 Å². The Balaban J connectivity index is 3.05. The van der Waals surface area contributed by atoms with E-state index in [4.69, 9.17) is 16.0 Å². The summed E-state index contributed by atoms with van der Waals surface area (Å²) in [5, 5.41) is -0.117. The summed E-state index contributed by atoms with van der Waals surface area (Å²) < 4.78 is 9.35. The van der Waals surface area contributed by atoms with Crippen LogP contribution in [0.2, 0.25) is 5.22 Å². The van der Waals surface area contributed by atoms with Crippen molar-refractivity contribution in [3.8, 4) is 0 Å². The van der Waals surface area contributed by atoms with Gasteiger partial charge in [-0.15, -0.1) is 0 Å². The second-order valence-corrected chi connectivity index (χ2v) is 2.91. The fraction of sp³-hybridized carbons (Fsp3) is 0.333. The first kappa shape index (κ1) is 10.8. The molecule has 0 bridgehead atoms. The molecule has 0 aliphatic heterocycles. The highest BCUT2D eigenvalue weighted by Crippen LogP contribution is 2.22. The van der Waals surface area contributed by atoms with Gasteiger partial charge in [0.2, 0.25) is 5.22 Å². The van der Waals surface area contributed by atoms with Crippen molar-refractivity contribution in [2.45, 2.75) is 13.3 Å². The Labute approximate surface area is 85.8 Å². The van der Waals surface area contributed by atoms with Crippen LogP contribution in [0.4, 0.5) is 0 Å². The Morgan fingerprint density at radius 2 is 2.21 bits per heavy atom. The largest absolute Gasteiger partial charge is 0.465 e. The molecule has 0 atom stereocenters. The summed E-state index contributed by atoms with van der Waals surface area (Å²) in [5.74, 6) is -0.742. The molecule has 0 fully saturated rings. The number of hydrogen-bond donors (Lipinski definition) is 0. The van der Waals surface area contributed by atoms with Crippen LogP contribution in [0, 0.1) is 0 Å². The number of methoxy groups -OCH3 is 1. The summed E-state index contributed by atoms with van der Waals surface area (Å²) in [5.41, 5.74) is 0.0750. The molecule has 0 saturated carbocycles. The molecule has 5 heteroatoms.